The molecule has 0 radical (unpaired) electrons. The maximum atomic E-state index is 12.0. The fraction of sp³-hybridized carbons (Fsp3) is 0. The van der Waals surface area contributed by atoms with Crippen LogP contribution in [0.5, 0.6) is 0 Å². The van der Waals surface area contributed by atoms with E-state index in [2.05, 4.69) is 4.98 Å². The predicted molar refractivity (Wildman–Crippen MR) is 72.7 cm³/mol. The van der Waals surface area contributed by atoms with Gasteiger partial charge in [-0.05, 0) is 6.07 Å². The molecule has 4 nitrogen and oxygen atoms in total. The summed E-state index contributed by atoms with van der Waals surface area (Å²) in [6.07, 6.45) is 0. The number of hydrogen-bond donors (Lipinski definition) is 0. The standard InChI is InChI=1S/C15H9N2O2/c16-17-11-6-7-12-13(18)9-14(19-15(12)8-11)10-4-2-1-3-5-10/h1-9H/q+1. The molecule has 2 aromatic carbocycles. The number of benzene rings is 2. The van der Waals surface area contributed by atoms with Gasteiger partial charge in [0.25, 0.3) is 0 Å². The third kappa shape index (κ3) is 1.98. The smallest absolute Gasteiger partial charge is 0.388 e. The molecule has 3 rings (SSSR count). The van der Waals surface area contributed by atoms with Crippen LogP contribution in [-0.2, 0) is 0 Å². The normalized spacial score (nSPS) is 10.3. The zero-order valence-corrected chi connectivity index (χ0v) is 9.91. The highest BCUT2D eigenvalue weighted by Crippen LogP contribution is 2.24. The van der Waals surface area contributed by atoms with E-state index in [0.29, 0.717) is 22.4 Å². The molecule has 0 atom stereocenters. The van der Waals surface area contributed by atoms with Crippen molar-refractivity contribution in [3.05, 3.63) is 69.8 Å². The predicted octanol–water partition coefficient (Wildman–Crippen LogP) is 3.94. The van der Waals surface area contributed by atoms with Crippen LogP contribution in [0, 0.1) is 5.39 Å². The Morgan fingerprint density at radius 2 is 1.79 bits per heavy atom. The Balaban J connectivity index is 2.30. The molecule has 0 N–H and O–H groups in total. The summed E-state index contributed by atoms with van der Waals surface area (Å²) >= 11 is 0. The van der Waals surface area contributed by atoms with Crippen molar-refractivity contribution < 1.29 is 4.42 Å². The van der Waals surface area contributed by atoms with Gasteiger partial charge in [0.2, 0.25) is 5.39 Å². The lowest BCUT2D eigenvalue weighted by molar-refractivity contribution is 0.619. The van der Waals surface area contributed by atoms with Crippen molar-refractivity contribution in [3.63, 3.8) is 0 Å². The SMILES string of the molecule is N#[N+]c1ccc2c(=O)cc(-c3ccccc3)oc2c1. The van der Waals surface area contributed by atoms with Crippen LogP contribution in [0.2, 0.25) is 0 Å². The Bertz CT molecular complexity index is 845. The maximum absolute atomic E-state index is 12.0. The molecule has 1 aromatic heterocycles. The van der Waals surface area contributed by atoms with Gasteiger partial charge < -0.3 is 4.42 Å². The van der Waals surface area contributed by atoms with E-state index in [9.17, 15) is 4.79 Å². The third-order valence-corrected chi connectivity index (χ3v) is 2.89. The summed E-state index contributed by atoms with van der Waals surface area (Å²) in [5.41, 5.74) is 1.46. The minimum absolute atomic E-state index is 0.121. The number of rotatable bonds is 1. The number of fused-ring (bicyclic) bond motifs is 1. The van der Waals surface area contributed by atoms with E-state index in [1.807, 2.05) is 30.3 Å². The Morgan fingerprint density at radius 3 is 2.53 bits per heavy atom. The van der Waals surface area contributed by atoms with Crippen LogP contribution in [-0.4, -0.2) is 0 Å². The first kappa shape index (κ1) is 11.2. The summed E-state index contributed by atoms with van der Waals surface area (Å²) in [6, 6.07) is 15.5. The monoisotopic (exact) mass is 249 g/mol. The van der Waals surface area contributed by atoms with Crippen molar-refractivity contribution in [2.24, 2.45) is 0 Å². The molecule has 0 amide bonds. The van der Waals surface area contributed by atoms with Crippen LogP contribution in [0.4, 0.5) is 5.69 Å². The first-order chi connectivity index (χ1) is 9.28. The topological polar surface area (TPSA) is 58.4 Å². The molecule has 1 heterocycles. The fourth-order valence-corrected chi connectivity index (χ4v) is 1.95. The molecule has 90 valence electrons. The van der Waals surface area contributed by atoms with Gasteiger partial charge in [-0.15, -0.1) is 0 Å². The molecule has 0 spiro atoms. The van der Waals surface area contributed by atoms with Crippen molar-refractivity contribution in [3.8, 4) is 11.3 Å². The summed E-state index contributed by atoms with van der Waals surface area (Å²) in [6.45, 7) is 0. The largest absolute Gasteiger partial charge is 0.456 e. The Morgan fingerprint density at radius 1 is 1.00 bits per heavy atom. The number of diazo groups is 1. The zero-order chi connectivity index (χ0) is 13.2. The van der Waals surface area contributed by atoms with E-state index in [4.69, 9.17) is 9.81 Å². The second kappa shape index (κ2) is 4.39. The Kier molecular flexibility index (Phi) is 2.58. The molecule has 4 heteroatoms. The average Bonchev–Trinajstić information content (AvgIpc) is 2.47. The Labute approximate surface area is 108 Å². The minimum Gasteiger partial charge on any atom is -0.456 e. The lowest BCUT2D eigenvalue weighted by atomic mass is 10.1. The number of nitrogens with zero attached hydrogens (tertiary/aromatic N) is 2. The summed E-state index contributed by atoms with van der Waals surface area (Å²) in [5, 5.41) is 9.22. The average molecular weight is 249 g/mol. The van der Waals surface area contributed by atoms with Crippen LogP contribution in [0.15, 0.2) is 63.8 Å². The van der Waals surface area contributed by atoms with Crippen molar-refractivity contribution in [2.45, 2.75) is 0 Å². The van der Waals surface area contributed by atoms with Gasteiger partial charge in [0.1, 0.15) is 11.3 Å². The molecule has 0 aliphatic rings. The van der Waals surface area contributed by atoms with Crippen LogP contribution >= 0.6 is 0 Å². The molecule has 3 aromatic rings. The quantitative estimate of drug-likeness (QED) is 0.613. The van der Waals surface area contributed by atoms with E-state index in [0.717, 1.165) is 5.56 Å². The van der Waals surface area contributed by atoms with Gasteiger partial charge in [0.05, 0.1) is 11.5 Å². The lowest BCUT2D eigenvalue weighted by Gasteiger charge is -2.01. The van der Waals surface area contributed by atoms with Crippen molar-refractivity contribution in [1.82, 2.24) is 0 Å². The lowest BCUT2D eigenvalue weighted by Crippen LogP contribution is -1.99. The van der Waals surface area contributed by atoms with E-state index < -0.39 is 0 Å². The second-order valence-corrected chi connectivity index (χ2v) is 4.12. The molecule has 0 aliphatic carbocycles. The zero-order valence-electron chi connectivity index (χ0n) is 9.91. The molecular weight excluding hydrogens is 240 g/mol. The molecular formula is C15H9N2O2+. The molecule has 0 unspecified atom stereocenters. The molecule has 19 heavy (non-hydrogen) atoms. The van der Waals surface area contributed by atoms with Crippen LogP contribution in [0.3, 0.4) is 0 Å². The second-order valence-electron chi connectivity index (χ2n) is 4.12. The summed E-state index contributed by atoms with van der Waals surface area (Å²) < 4.78 is 5.70. The van der Waals surface area contributed by atoms with Gasteiger partial charge in [-0.3, -0.25) is 4.79 Å². The van der Waals surface area contributed by atoms with Crippen molar-refractivity contribution in [1.29, 1.82) is 5.39 Å². The van der Waals surface area contributed by atoms with Gasteiger partial charge in [0.15, 0.2) is 10.4 Å². The first-order valence-electron chi connectivity index (χ1n) is 5.76. The van der Waals surface area contributed by atoms with E-state index in [1.165, 1.54) is 12.1 Å². The van der Waals surface area contributed by atoms with Gasteiger partial charge in [-0.25, -0.2) is 0 Å². The molecule has 0 aliphatic heterocycles. The van der Waals surface area contributed by atoms with Gasteiger partial charge in [0, 0.05) is 17.7 Å². The van der Waals surface area contributed by atoms with Crippen LogP contribution in [0.25, 0.3) is 27.3 Å². The summed E-state index contributed by atoms with van der Waals surface area (Å²) in [7, 11) is 0. The highest BCUT2D eigenvalue weighted by molar-refractivity contribution is 5.82. The maximum Gasteiger partial charge on any atom is 0.388 e. The van der Waals surface area contributed by atoms with E-state index in [1.54, 1.807) is 12.1 Å². The van der Waals surface area contributed by atoms with Crippen molar-refractivity contribution in [2.75, 3.05) is 0 Å². The highest BCUT2D eigenvalue weighted by Gasteiger charge is 2.11. The van der Waals surface area contributed by atoms with Gasteiger partial charge in [-0.2, -0.15) is 0 Å². The van der Waals surface area contributed by atoms with Crippen molar-refractivity contribution >= 4 is 16.7 Å². The Hall–Kier alpha value is -2.93. The number of hydrogen-bond acceptors (Lipinski definition) is 3. The van der Waals surface area contributed by atoms with E-state index in [-0.39, 0.29) is 5.43 Å². The highest BCUT2D eigenvalue weighted by atomic mass is 16.3. The minimum atomic E-state index is -0.121. The molecule has 0 saturated heterocycles. The third-order valence-electron chi connectivity index (χ3n) is 2.89. The fourth-order valence-electron chi connectivity index (χ4n) is 1.95. The van der Waals surface area contributed by atoms with Gasteiger partial charge >= 0.3 is 5.69 Å². The first-order valence-corrected chi connectivity index (χ1v) is 5.76. The van der Waals surface area contributed by atoms with Gasteiger partial charge in [-0.1, -0.05) is 30.3 Å². The van der Waals surface area contributed by atoms with Crippen LogP contribution < -0.4 is 5.43 Å². The molecule has 0 bridgehead atoms. The van der Waals surface area contributed by atoms with Crippen LogP contribution in [0.1, 0.15) is 0 Å². The summed E-state index contributed by atoms with van der Waals surface area (Å²) in [4.78, 5) is 15.1. The van der Waals surface area contributed by atoms with E-state index >= 15 is 0 Å². The molecule has 0 saturated carbocycles. The molecule has 0 fully saturated rings. The summed E-state index contributed by atoms with van der Waals surface area (Å²) in [5.74, 6) is 0.494.